The van der Waals surface area contributed by atoms with Gasteiger partial charge >= 0.3 is 0 Å². The van der Waals surface area contributed by atoms with Crippen molar-refractivity contribution in [3.05, 3.63) is 118 Å². The van der Waals surface area contributed by atoms with Crippen molar-refractivity contribution in [3.8, 4) is 0 Å². The Kier molecular flexibility index (Phi) is 11.7. The van der Waals surface area contributed by atoms with Crippen molar-refractivity contribution in [3.63, 3.8) is 0 Å². The van der Waals surface area contributed by atoms with E-state index in [4.69, 9.17) is 4.74 Å². The van der Waals surface area contributed by atoms with E-state index in [9.17, 15) is 24.7 Å². The first-order valence-electron chi connectivity index (χ1n) is 16.8. The summed E-state index contributed by atoms with van der Waals surface area (Å²) in [6, 6.07) is 21.8. The number of aromatic nitrogens is 1. The van der Waals surface area contributed by atoms with Gasteiger partial charge in [-0.15, -0.1) is 0 Å². The van der Waals surface area contributed by atoms with Gasteiger partial charge in [-0.2, -0.15) is 0 Å². The summed E-state index contributed by atoms with van der Waals surface area (Å²) in [4.78, 5) is 61.4. The van der Waals surface area contributed by atoms with Crippen LogP contribution in [0, 0.1) is 5.92 Å². The molecule has 0 aliphatic carbocycles. The Morgan fingerprint density at radius 1 is 0.800 bits per heavy atom. The van der Waals surface area contributed by atoms with Crippen molar-refractivity contribution >= 4 is 34.4 Å². The molecule has 5 atom stereocenters. The second-order valence-corrected chi connectivity index (χ2v) is 13.4. The first-order valence-corrected chi connectivity index (χ1v) is 16.8. The van der Waals surface area contributed by atoms with Gasteiger partial charge in [0.25, 0.3) is 0 Å². The van der Waals surface area contributed by atoms with Gasteiger partial charge in [0.2, 0.25) is 17.7 Å². The molecule has 50 heavy (non-hydrogen) atoms. The van der Waals surface area contributed by atoms with E-state index in [0.717, 1.165) is 27.6 Å². The van der Waals surface area contributed by atoms with Gasteiger partial charge in [0.1, 0.15) is 23.7 Å². The number of carbonyl (C=O) groups is 4. The summed E-state index contributed by atoms with van der Waals surface area (Å²) in [5.74, 6) is -1.88. The van der Waals surface area contributed by atoms with Crippen molar-refractivity contribution in [1.29, 1.82) is 0 Å². The summed E-state index contributed by atoms with van der Waals surface area (Å²) < 4.78 is 5.40. The lowest BCUT2D eigenvalue weighted by Gasteiger charge is -2.27. The highest BCUT2D eigenvalue weighted by Gasteiger charge is 2.50. The second-order valence-electron chi connectivity index (χ2n) is 13.4. The molecule has 1 aliphatic heterocycles. The molecule has 2 heterocycles. The van der Waals surface area contributed by atoms with E-state index in [1.54, 1.807) is 13.1 Å². The highest BCUT2D eigenvalue weighted by Crippen LogP contribution is 2.30. The standard InChI is InChI=1S/C38H43N7O5/c1-24(2)18-30(34(46)38(3)23-50-38)41-35(47)31(19-25-12-6-4-7-13-25)42-36(48)32(21-27-22-40-29-17-11-10-16-28(27)29)43-37(49)33(44-45-39)20-26-14-8-5-9-15-26/h4-17,22,24,30-33,40H,18-21,23H2,1-3H3,(H,41,47)(H,42,48)(H,43,49)/t30-,31-,32-,33-,38+/m0/s1. The molecule has 0 radical (unpaired) electrons. The van der Waals surface area contributed by atoms with Gasteiger partial charge in [0, 0.05) is 34.9 Å². The van der Waals surface area contributed by atoms with Crippen LogP contribution in [0.1, 0.15) is 43.9 Å². The predicted molar refractivity (Wildman–Crippen MR) is 190 cm³/mol. The van der Waals surface area contributed by atoms with Crippen LogP contribution in [0.2, 0.25) is 0 Å². The number of ketones is 1. The molecule has 1 aromatic heterocycles. The van der Waals surface area contributed by atoms with Crippen molar-refractivity contribution in [2.45, 2.75) is 76.2 Å². The number of aromatic amines is 1. The average molecular weight is 678 g/mol. The van der Waals surface area contributed by atoms with Gasteiger partial charge in [0.05, 0.1) is 12.6 Å². The van der Waals surface area contributed by atoms with Gasteiger partial charge < -0.3 is 25.7 Å². The first-order chi connectivity index (χ1) is 24.1. The number of nitrogens with one attached hydrogen (secondary N) is 4. The zero-order chi connectivity index (χ0) is 35.7. The fraction of sp³-hybridized carbons (Fsp3) is 0.368. The number of H-pyrrole nitrogens is 1. The molecule has 12 nitrogen and oxygen atoms in total. The van der Waals surface area contributed by atoms with Crippen molar-refractivity contribution < 1.29 is 23.9 Å². The number of ether oxygens (including phenoxy) is 1. The molecule has 12 heteroatoms. The minimum atomic E-state index is -1.15. The lowest BCUT2D eigenvalue weighted by Crippen LogP contribution is -2.58. The Balaban J connectivity index is 1.42. The summed E-state index contributed by atoms with van der Waals surface area (Å²) in [7, 11) is 0. The number of fused-ring (bicyclic) bond motifs is 1. The van der Waals surface area contributed by atoms with Gasteiger partial charge in [-0.1, -0.05) is 97.8 Å². The van der Waals surface area contributed by atoms with Crippen LogP contribution in [0.5, 0.6) is 0 Å². The molecule has 0 saturated carbocycles. The number of carbonyl (C=O) groups excluding carboxylic acids is 4. The van der Waals surface area contributed by atoms with Crippen molar-refractivity contribution in [2.24, 2.45) is 11.0 Å². The molecule has 0 spiro atoms. The average Bonchev–Trinajstić information content (AvgIpc) is 3.74. The number of hydrogen-bond donors (Lipinski definition) is 4. The maximum atomic E-state index is 14.2. The minimum absolute atomic E-state index is 0.0831. The Labute approximate surface area is 291 Å². The van der Waals surface area contributed by atoms with Gasteiger partial charge in [-0.25, -0.2) is 0 Å². The molecule has 3 amide bonds. The second kappa shape index (κ2) is 16.3. The number of benzene rings is 3. The van der Waals surface area contributed by atoms with Crippen LogP contribution in [0.3, 0.4) is 0 Å². The van der Waals surface area contributed by atoms with Crippen LogP contribution >= 0.6 is 0 Å². The molecule has 0 bridgehead atoms. The third kappa shape index (κ3) is 9.37. The van der Waals surface area contributed by atoms with Crippen LogP contribution < -0.4 is 16.0 Å². The molecule has 260 valence electrons. The molecule has 0 unspecified atom stereocenters. The van der Waals surface area contributed by atoms with Gasteiger partial charge in [0.15, 0.2) is 5.78 Å². The zero-order valence-corrected chi connectivity index (χ0v) is 28.5. The summed E-state index contributed by atoms with van der Waals surface area (Å²) in [6.45, 7) is 5.92. The number of nitrogens with zero attached hydrogens (tertiary/aromatic N) is 3. The quantitative estimate of drug-likeness (QED) is 0.0545. The molecule has 4 aromatic rings. The molecule has 1 aliphatic rings. The summed E-state index contributed by atoms with van der Waals surface area (Å²) in [5, 5.41) is 13.2. The topological polar surface area (TPSA) is 181 Å². The summed E-state index contributed by atoms with van der Waals surface area (Å²) in [6.07, 6.45) is 2.53. The maximum Gasteiger partial charge on any atom is 0.243 e. The molecular formula is C38H43N7O5. The maximum absolute atomic E-state index is 14.2. The normalized spacial score (nSPS) is 17.5. The first kappa shape index (κ1) is 35.8. The van der Waals surface area contributed by atoms with E-state index in [1.807, 2.05) is 98.8 Å². The molecule has 5 rings (SSSR count). The van der Waals surface area contributed by atoms with E-state index in [0.29, 0.717) is 6.42 Å². The van der Waals surface area contributed by atoms with Gasteiger partial charge in [-0.05, 0) is 54.0 Å². The van der Waals surface area contributed by atoms with Crippen LogP contribution in [-0.4, -0.2) is 64.9 Å². The lowest BCUT2D eigenvalue weighted by molar-refractivity contribution is -0.134. The SMILES string of the molecule is CC(C)C[C@H](NC(=O)[C@H](Cc1ccccc1)NC(=O)[C@H](Cc1c[nH]c2ccccc12)NC(=O)[C@H](Cc1ccccc1)N=[N+]=[N-])C(=O)[C@@]1(C)CO1. The monoisotopic (exact) mass is 677 g/mol. The van der Waals surface area contributed by atoms with Gasteiger partial charge in [-0.3, -0.25) is 19.2 Å². The number of amides is 3. The Hall–Kier alpha value is -5.45. The number of para-hydroxylation sites is 1. The third-order valence-corrected chi connectivity index (χ3v) is 8.85. The number of epoxide rings is 1. The summed E-state index contributed by atoms with van der Waals surface area (Å²) >= 11 is 0. The van der Waals surface area contributed by atoms with Crippen LogP contribution in [-0.2, 0) is 43.2 Å². The summed E-state index contributed by atoms with van der Waals surface area (Å²) in [5.41, 5.74) is 11.6. The molecule has 4 N–H and O–H groups in total. The Morgan fingerprint density at radius 2 is 1.34 bits per heavy atom. The number of hydrogen-bond acceptors (Lipinski definition) is 6. The number of azide groups is 1. The molecule has 1 fully saturated rings. The lowest BCUT2D eigenvalue weighted by atomic mass is 9.93. The highest BCUT2D eigenvalue weighted by molar-refractivity contribution is 5.99. The predicted octanol–water partition coefficient (Wildman–Crippen LogP) is 4.73. The van der Waals surface area contributed by atoms with E-state index in [1.165, 1.54) is 0 Å². The fourth-order valence-corrected chi connectivity index (χ4v) is 6.01. The largest absolute Gasteiger partial charge is 0.361 e. The molecule has 1 saturated heterocycles. The van der Waals surface area contributed by atoms with E-state index < -0.39 is 47.5 Å². The number of Topliss-reactive ketones (excluding diaryl/α,β-unsaturated/α-hetero) is 1. The fourth-order valence-electron chi connectivity index (χ4n) is 6.01. The highest BCUT2D eigenvalue weighted by atomic mass is 16.6. The molecule has 3 aromatic carbocycles. The van der Waals surface area contributed by atoms with E-state index in [-0.39, 0.29) is 37.6 Å². The number of rotatable bonds is 17. The molecular weight excluding hydrogens is 634 g/mol. The van der Waals surface area contributed by atoms with E-state index >= 15 is 0 Å². The van der Waals surface area contributed by atoms with Crippen molar-refractivity contribution in [1.82, 2.24) is 20.9 Å². The third-order valence-electron chi connectivity index (χ3n) is 8.85. The van der Waals surface area contributed by atoms with Crippen LogP contribution in [0.4, 0.5) is 0 Å². The van der Waals surface area contributed by atoms with Crippen molar-refractivity contribution in [2.75, 3.05) is 6.61 Å². The smallest absolute Gasteiger partial charge is 0.243 e. The Bertz CT molecular complexity index is 1850. The van der Waals surface area contributed by atoms with Crippen LogP contribution in [0.25, 0.3) is 21.3 Å². The Morgan fingerprint density at radius 3 is 1.94 bits per heavy atom. The van der Waals surface area contributed by atoms with E-state index in [2.05, 4.69) is 31.0 Å². The minimum Gasteiger partial charge on any atom is -0.361 e. The zero-order valence-electron chi connectivity index (χ0n) is 28.5. The van der Waals surface area contributed by atoms with Crippen LogP contribution in [0.15, 0.2) is 96.2 Å².